The van der Waals surface area contributed by atoms with Gasteiger partial charge < -0.3 is 5.32 Å². The number of anilines is 1. The van der Waals surface area contributed by atoms with Crippen LogP contribution in [-0.4, -0.2) is 31.7 Å². The second-order valence-corrected chi connectivity index (χ2v) is 9.12. The van der Waals surface area contributed by atoms with Gasteiger partial charge >= 0.3 is 0 Å². The fourth-order valence-electron chi connectivity index (χ4n) is 2.70. The molecule has 0 unspecified atom stereocenters. The predicted octanol–water partition coefficient (Wildman–Crippen LogP) is 2.70. The van der Waals surface area contributed by atoms with Crippen molar-refractivity contribution in [1.29, 1.82) is 0 Å². The van der Waals surface area contributed by atoms with Gasteiger partial charge in [-0.2, -0.15) is 4.31 Å². The summed E-state index contributed by atoms with van der Waals surface area (Å²) in [4.78, 5) is 12.9. The molecule has 0 atom stereocenters. The largest absolute Gasteiger partial charge is 0.326 e. The molecule has 5 nitrogen and oxygen atoms in total. The van der Waals surface area contributed by atoms with E-state index in [9.17, 15) is 13.2 Å². The quantitative estimate of drug-likeness (QED) is 0.819. The first kappa shape index (κ1) is 17.7. The van der Waals surface area contributed by atoms with Crippen LogP contribution in [0.5, 0.6) is 0 Å². The molecule has 25 heavy (non-hydrogen) atoms. The van der Waals surface area contributed by atoms with E-state index in [2.05, 4.69) is 11.2 Å². The van der Waals surface area contributed by atoms with Gasteiger partial charge in [-0.1, -0.05) is 12.0 Å². The molecule has 1 aliphatic rings. The van der Waals surface area contributed by atoms with E-state index in [0.29, 0.717) is 33.4 Å². The van der Waals surface area contributed by atoms with Gasteiger partial charge in [0.25, 0.3) is 10.0 Å². The van der Waals surface area contributed by atoms with Gasteiger partial charge in [0, 0.05) is 29.2 Å². The summed E-state index contributed by atoms with van der Waals surface area (Å²) in [6.45, 7) is 1.14. The van der Waals surface area contributed by atoms with Crippen LogP contribution in [0.4, 0.5) is 5.69 Å². The Morgan fingerprint density at radius 3 is 2.72 bits per heavy atom. The lowest BCUT2D eigenvalue weighted by Crippen LogP contribution is -2.27. The molecule has 2 aromatic rings. The Balaban J connectivity index is 1.66. The first-order chi connectivity index (χ1) is 12.0. The standard InChI is InChI=1S/C18H18N2O3S2/c1-2-14-6-5-7-15(12-14)19-17(21)13-16-8-9-18(24-16)25(22,23)20-10-3-4-11-20/h1,5-9,12H,3-4,10-11,13H2,(H,19,21). The van der Waals surface area contributed by atoms with Gasteiger partial charge in [-0.05, 0) is 43.2 Å². The zero-order valence-corrected chi connectivity index (χ0v) is 15.2. The summed E-state index contributed by atoms with van der Waals surface area (Å²) in [5.41, 5.74) is 1.31. The Morgan fingerprint density at radius 1 is 1.24 bits per heavy atom. The summed E-state index contributed by atoms with van der Waals surface area (Å²) in [6.07, 6.45) is 7.27. The highest BCUT2D eigenvalue weighted by Gasteiger charge is 2.28. The van der Waals surface area contributed by atoms with Gasteiger partial charge in [0.1, 0.15) is 4.21 Å². The lowest BCUT2D eigenvalue weighted by molar-refractivity contribution is -0.115. The molecule has 1 aromatic carbocycles. The molecule has 7 heteroatoms. The number of nitrogens with one attached hydrogen (secondary N) is 1. The molecule has 2 heterocycles. The number of amides is 1. The molecule has 0 radical (unpaired) electrons. The number of rotatable bonds is 5. The minimum Gasteiger partial charge on any atom is -0.326 e. The first-order valence-corrected chi connectivity index (χ1v) is 10.2. The third kappa shape index (κ3) is 4.10. The van der Waals surface area contributed by atoms with E-state index in [4.69, 9.17) is 6.42 Å². The summed E-state index contributed by atoms with van der Waals surface area (Å²) in [6, 6.07) is 10.3. The second-order valence-electron chi connectivity index (χ2n) is 5.78. The summed E-state index contributed by atoms with van der Waals surface area (Å²) >= 11 is 1.15. The average Bonchev–Trinajstić information content (AvgIpc) is 3.27. The first-order valence-electron chi connectivity index (χ1n) is 7.94. The fourth-order valence-corrected chi connectivity index (χ4v) is 5.72. The van der Waals surface area contributed by atoms with Crippen LogP contribution >= 0.6 is 11.3 Å². The zero-order chi connectivity index (χ0) is 17.9. The van der Waals surface area contributed by atoms with Crippen LogP contribution in [0.3, 0.4) is 0 Å². The molecule has 0 saturated carbocycles. The van der Waals surface area contributed by atoms with Gasteiger partial charge in [-0.15, -0.1) is 17.8 Å². The van der Waals surface area contributed by atoms with E-state index < -0.39 is 10.0 Å². The van der Waals surface area contributed by atoms with Gasteiger partial charge in [0.2, 0.25) is 5.91 Å². The lowest BCUT2D eigenvalue weighted by atomic mass is 10.2. The highest BCUT2D eigenvalue weighted by atomic mass is 32.2. The van der Waals surface area contributed by atoms with Crippen molar-refractivity contribution in [3.05, 3.63) is 46.8 Å². The van der Waals surface area contributed by atoms with Crippen LogP contribution in [-0.2, 0) is 21.2 Å². The van der Waals surface area contributed by atoms with E-state index in [1.165, 1.54) is 4.31 Å². The monoisotopic (exact) mass is 374 g/mol. The van der Waals surface area contributed by atoms with Gasteiger partial charge in [-0.25, -0.2) is 8.42 Å². The molecular weight excluding hydrogens is 356 g/mol. The minimum absolute atomic E-state index is 0.125. The normalized spacial score (nSPS) is 15.0. The van der Waals surface area contributed by atoms with Gasteiger partial charge in [0.15, 0.2) is 0 Å². The number of nitrogens with zero attached hydrogens (tertiary/aromatic N) is 1. The van der Waals surface area contributed by atoms with Crippen molar-refractivity contribution in [3.8, 4) is 12.3 Å². The number of sulfonamides is 1. The summed E-state index contributed by atoms with van der Waals surface area (Å²) in [5.74, 6) is 2.31. The van der Waals surface area contributed by atoms with E-state index in [1.54, 1.807) is 36.4 Å². The number of benzene rings is 1. The molecular formula is C18H18N2O3S2. The third-order valence-corrected chi connectivity index (χ3v) is 7.40. The number of hydrogen-bond donors (Lipinski definition) is 1. The molecule has 3 rings (SSSR count). The molecule has 1 aromatic heterocycles. The van der Waals surface area contributed by atoms with Crippen LogP contribution in [0.15, 0.2) is 40.6 Å². The SMILES string of the molecule is C#Cc1cccc(NC(=O)Cc2ccc(S(=O)(=O)N3CCCC3)s2)c1. The molecule has 130 valence electrons. The van der Waals surface area contributed by atoms with Gasteiger partial charge in [0.05, 0.1) is 6.42 Å². The number of carbonyl (C=O) groups is 1. The van der Waals surface area contributed by atoms with Gasteiger partial charge in [-0.3, -0.25) is 4.79 Å². The van der Waals surface area contributed by atoms with Crippen molar-refractivity contribution in [2.75, 3.05) is 18.4 Å². The maximum absolute atomic E-state index is 12.5. The lowest BCUT2D eigenvalue weighted by Gasteiger charge is -2.13. The minimum atomic E-state index is -3.42. The Morgan fingerprint density at radius 2 is 2.00 bits per heavy atom. The van der Waals surface area contributed by atoms with Crippen molar-refractivity contribution >= 4 is 33.0 Å². The topological polar surface area (TPSA) is 66.5 Å². The Hall–Kier alpha value is -2.14. The van der Waals surface area contributed by atoms with Crippen LogP contribution in [0.25, 0.3) is 0 Å². The molecule has 0 aliphatic carbocycles. The number of hydrogen-bond acceptors (Lipinski definition) is 4. The van der Waals surface area contributed by atoms with Crippen LogP contribution in [0.2, 0.25) is 0 Å². The molecule has 0 bridgehead atoms. The number of terminal acetylenes is 1. The molecule has 0 spiro atoms. The summed E-state index contributed by atoms with van der Waals surface area (Å²) in [7, 11) is -3.42. The van der Waals surface area contributed by atoms with E-state index in [1.807, 2.05) is 0 Å². The summed E-state index contributed by atoms with van der Waals surface area (Å²) < 4.78 is 26.8. The van der Waals surface area contributed by atoms with Crippen LogP contribution in [0.1, 0.15) is 23.3 Å². The number of thiophene rings is 1. The Labute approximate surface area is 151 Å². The Kier molecular flexibility index (Phi) is 5.23. The van der Waals surface area contributed by atoms with Crippen molar-refractivity contribution in [2.24, 2.45) is 0 Å². The smallest absolute Gasteiger partial charge is 0.252 e. The molecule has 1 fully saturated rings. The fraction of sp³-hybridized carbons (Fsp3) is 0.278. The van der Waals surface area contributed by atoms with Crippen molar-refractivity contribution < 1.29 is 13.2 Å². The highest BCUT2D eigenvalue weighted by Crippen LogP contribution is 2.27. The van der Waals surface area contributed by atoms with E-state index in [0.717, 1.165) is 24.2 Å². The molecule has 1 N–H and O–H groups in total. The molecule has 1 saturated heterocycles. The van der Waals surface area contributed by atoms with E-state index >= 15 is 0 Å². The van der Waals surface area contributed by atoms with Crippen molar-refractivity contribution in [3.63, 3.8) is 0 Å². The van der Waals surface area contributed by atoms with E-state index in [-0.39, 0.29) is 12.3 Å². The zero-order valence-electron chi connectivity index (χ0n) is 13.6. The van der Waals surface area contributed by atoms with Crippen molar-refractivity contribution in [1.82, 2.24) is 4.31 Å². The van der Waals surface area contributed by atoms with Crippen molar-refractivity contribution in [2.45, 2.75) is 23.5 Å². The summed E-state index contributed by atoms with van der Waals surface area (Å²) in [5, 5.41) is 2.78. The maximum atomic E-state index is 12.5. The second kappa shape index (κ2) is 7.40. The molecule has 1 amide bonds. The Bertz CT molecular complexity index is 920. The number of carbonyl (C=O) groups excluding carboxylic acids is 1. The highest BCUT2D eigenvalue weighted by molar-refractivity contribution is 7.91. The third-order valence-electron chi connectivity index (χ3n) is 3.94. The predicted molar refractivity (Wildman–Crippen MR) is 99.0 cm³/mol. The van der Waals surface area contributed by atoms with Crippen LogP contribution in [0, 0.1) is 12.3 Å². The van der Waals surface area contributed by atoms with Crippen LogP contribution < -0.4 is 5.32 Å². The maximum Gasteiger partial charge on any atom is 0.252 e. The molecule has 1 aliphatic heterocycles. The average molecular weight is 374 g/mol.